The van der Waals surface area contributed by atoms with Gasteiger partial charge in [-0.2, -0.15) is 9.97 Å². The lowest BCUT2D eigenvalue weighted by atomic mass is 9.99. The van der Waals surface area contributed by atoms with E-state index in [0.717, 1.165) is 35.9 Å². The van der Waals surface area contributed by atoms with Gasteiger partial charge in [0.05, 0.1) is 5.69 Å². The average molecular weight is 275 g/mol. The first-order chi connectivity index (χ1) is 9.56. The van der Waals surface area contributed by atoms with E-state index in [0.29, 0.717) is 11.7 Å². The van der Waals surface area contributed by atoms with Gasteiger partial charge in [0.25, 0.3) is 5.71 Å². The lowest BCUT2D eigenvalue weighted by Crippen LogP contribution is -2.34. The highest BCUT2D eigenvalue weighted by Crippen LogP contribution is 2.31. The first kappa shape index (κ1) is 13.1. The Hall–Kier alpha value is -1.85. The normalized spacial score (nSPS) is 16.9. The number of nitrogens with zero attached hydrogens (tertiary/aromatic N) is 5. The summed E-state index contributed by atoms with van der Waals surface area (Å²) in [6.07, 6.45) is 2.40. The molecule has 0 atom stereocenters. The molecule has 3 heterocycles. The van der Waals surface area contributed by atoms with Gasteiger partial charge >= 0.3 is 0 Å². The van der Waals surface area contributed by atoms with Gasteiger partial charge in [0.15, 0.2) is 0 Å². The van der Waals surface area contributed by atoms with Crippen LogP contribution in [0.25, 0.3) is 11.1 Å². The minimum atomic E-state index is 0.579. The van der Waals surface area contributed by atoms with Gasteiger partial charge in [-0.05, 0) is 25.7 Å². The first-order valence-corrected chi connectivity index (χ1v) is 7.12. The van der Waals surface area contributed by atoms with E-state index in [9.17, 15) is 0 Å². The Morgan fingerprint density at radius 2 is 1.90 bits per heavy atom. The number of rotatable bonds is 2. The Morgan fingerprint density at radius 1 is 1.20 bits per heavy atom. The Morgan fingerprint density at radius 3 is 2.55 bits per heavy atom. The molecule has 2 aromatic rings. The Balaban J connectivity index is 2.09. The Bertz CT molecular complexity index is 613. The minimum absolute atomic E-state index is 0.579. The maximum Gasteiger partial charge on any atom is 0.265 e. The van der Waals surface area contributed by atoms with Crippen LogP contribution in [-0.2, 0) is 0 Å². The molecule has 1 aliphatic rings. The van der Waals surface area contributed by atoms with E-state index in [4.69, 9.17) is 9.51 Å². The summed E-state index contributed by atoms with van der Waals surface area (Å²) < 4.78 is 5.34. The number of anilines is 2. The third-order valence-corrected chi connectivity index (χ3v) is 3.96. The van der Waals surface area contributed by atoms with Crippen LogP contribution in [0.1, 0.15) is 25.5 Å². The third kappa shape index (κ3) is 2.19. The first-order valence-electron chi connectivity index (χ1n) is 7.12. The molecule has 0 unspecified atom stereocenters. The molecule has 0 spiro atoms. The lowest BCUT2D eigenvalue weighted by molar-refractivity contribution is 0.436. The molecule has 1 aliphatic heterocycles. The van der Waals surface area contributed by atoms with Crippen LogP contribution < -0.4 is 9.80 Å². The molecule has 3 rings (SSSR count). The molecule has 6 heteroatoms. The second-order valence-electron chi connectivity index (χ2n) is 5.86. The summed E-state index contributed by atoms with van der Waals surface area (Å²) in [6.45, 7) is 6.32. The van der Waals surface area contributed by atoms with E-state index in [1.165, 1.54) is 12.8 Å². The summed E-state index contributed by atoms with van der Waals surface area (Å²) >= 11 is 0. The maximum absolute atomic E-state index is 5.34. The van der Waals surface area contributed by atoms with Gasteiger partial charge in [0, 0.05) is 27.2 Å². The van der Waals surface area contributed by atoms with Crippen LogP contribution in [0.15, 0.2) is 4.52 Å². The van der Waals surface area contributed by atoms with Gasteiger partial charge in [0.2, 0.25) is 5.95 Å². The minimum Gasteiger partial charge on any atom is -0.356 e. The van der Waals surface area contributed by atoms with Crippen molar-refractivity contribution >= 4 is 22.9 Å². The van der Waals surface area contributed by atoms with E-state index >= 15 is 0 Å². The SMILES string of the molecule is Cc1noc2nc(N(C)C)nc(N3CCC(C)CC3)c12. The third-order valence-electron chi connectivity index (χ3n) is 3.96. The average Bonchev–Trinajstić information content (AvgIpc) is 2.80. The van der Waals surface area contributed by atoms with E-state index in [1.54, 1.807) is 0 Å². The van der Waals surface area contributed by atoms with Gasteiger partial charge in [-0.3, -0.25) is 0 Å². The molecule has 0 aromatic carbocycles. The van der Waals surface area contributed by atoms with Gasteiger partial charge in [-0.15, -0.1) is 0 Å². The molecule has 1 fully saturated rings. The summed E-state index contributed by atoms with van der Waals surface area (Å²) in [7, 11) is 3.87. The van der Waals surface area contributed by atoms with E-state index in [1.807, 2.05) is 25.9 Å². The van der Waals surface area contributed by atoms with Crippen molar-refractivity contribution in [2.24, 2.45) is 5.92 Å². The van der Waals surface area contributed by atoms with Crippen molar-refractivity contribution in [3.8, 4) is 0 Å². The second-order valence-corrected chi connectivity index (χ2v) is 5.86. The van der Waals surface area contributed by atoms with E-state index < -0.39 is 0 Å². The summed E-state index contributed by atoms with van der Waals surface area (Å²) in [4.78, 5) is 13.4. The van der Waals surface area contributed by atoms with E-state index in [2.05, 4.69) is 22.0 Å². The van der Waals surface area contributed by atoms with Crippen molar-refractivity contribution < 1.29 is 4.52 Å². The fourth-order valence-corrected chi connectivity index (χ4v) is 2.61. The van der Waals surface area contributed by atoms with Gasteiger partial charge in [-0.1, -0.05) is 12.1 Å². The van der Waals surface area contributed by atoms with Crippen molar-refractivity contribution in [2.75, 3.05) is 37.0 Å². The molecule has 0 saturated carbocycles. The van der Waals surface area contributed by atoms with Crippen molar-refractivity contribution in [1.29, 1.82) is 0 Å². The molecule has 1 saturated heterocycles. The van der Waals surface area contributed by atoms with Crippen LogP contribution in [0.3, 0.4) is 0 Å². The van der Waals surface area contributed by atoms with Crippen molar-refractivity contribution in [3.05, 3.63) is 5.69 Å². The molecular formula is C14H21N5O. The molecule has 6 nitrogen and oxygen atoms in total. The predicted octanol–water partition coefficient (Wildman–Crippen LogP) is 2.23. The lowest BCUT2D eigenvalue weighted by Gasteiger charge is -2.31. The highest BCUT2D eigenvalue weighted by Gasteiger charge is 2.23. The quantitative estimate of drug-likeness (QED) is 0.837. The zero-order valence-corrected chi connectivity index (χ0v) is 12.6. The number of hydrogen-bond donors (Lipinski definition) is 0. The number of aryl methyl sites for hydroxylation is 1. The highest BCUT2D eigenvalue weighted by atomic mass is 16.5. The van der Waals surface area contributed by atoms with Crippen molar-refractivity contribution in [1.82, 2.24) is 15.1 Å². The van der Waals surface area contributed by atoms with E-state index in [-0.39, 0.29) is 0 Å². The standard InChI is InChI=1S/C14H21N5O/c1-9-5-7-19(8-6-9)12-11-10(2)17-20-13(11)16-14(15-12)18(3)4/h9H,5-8H2,1-4H3. The smallest absolute Gasteiger partial charge is 0.265 e. The maximum atomic E-state index is 5.34. The number of hydrogen-bond acceptors (Lipinski definition) is 6. The fourth-order valence-electron chi connectivity index (χ4n) is 2.61. The van der Waals surface area contributed by atoms with Crippen molar-refractivity contribution in [2.45, 2.75) is 26.7 Å². The van der Waals surface area contributed by atoms with Gasteiger partial charge < -0.3 is 14.3 Å². The number of aromatic nitrogens is 3. The summed E-state index contributed by atoms with van der Waals surface area (Å²) in [5.41, 5.74) is 1.44. The molecule has 2 aromatic heterocycles. The summed E-state index contributed by atoms with van der Waals surface area (Å²) in [6, 6.07) is 0. The molecule has 108 valence electrons. The topological polar surface area (TPSA) is 58.3 Å². The highest BCUT2D eigenvalue weighted by molar-refractivity contribution is 5.89. The number of piperidine rings is 1. The molecule has 0 N–H and O–H groups in total. The van der Waals surface area contributed by atoms with Gasteiger partial charge in [-0.25, -0.2) is 0 Å². The van der Waals surface area contributed by atoms with Crippen molar-refractivity contribution in [3.63, 3.8) is 0 Å². The fraction of sp³-hybridized carbons (Fsp3) is 0.643. The number of fused-ring (bicyclic) bond motifs is 1. The van der Waals surface area contributed by atoms with Crippen LogP contribution in [0.5, 0.6) is 0 Å². The molecule has 20 heavy (non-hydrogen) atoms. The Labute approximate surface area is 118 Å². The largest absolute Gasteiger partial charge is 0.356 e. The zero-order chi connectivity index (χ0) is 14.3. The monoisotopic (exact) mass is 275 g/mol. The van der Waals surface area contributed by atoms with Crippen LogP contribution in [0, 0.1) is 12.8 Å². The summed E-state index contributed by atoms with van der Waals surface area (Å²) in [5, 5.41) is 4.99. The molecule has 0 bridgehead atoms. The van der Waals surface area contributed by atoms with Crippen LogP contribution in [0.2, 0.25) is 0 Å². The molecular weight excluding hydrogens is 254 g/mol. The molecule has 0 radical (unpaired) electrons. The Kier molecular flexibility index (Phi) is 3.23. The van der Waals surface area contributed by atoms with Crippen LogP contribution in [-0.4, -0.2) is 42.3 Å². The van der Waals surface area contributed by atoms with Gasteiger partial charge in [0.1, 0.15) is 11.2 Å². The zero-order valence-electron chi connectivity index (χ0n) is 12.6. The summed E-state index contributed by atoms with van der Waals surface area (Å²) in [5.74, 6) is 2.42. The van der Waals surface area contributed by atoms with Crippen LogP contribution in [0.4, 0.5) is 11.8 Å². The predicted molar refractivity (Wildman–Crippen MR) is 79.3 cm³/mol. The van der Waals surface area contributed by atoms with Crippen LogP contribution >= 0.6 is 0 Å². The molecule has 0 aliphatic carbocycles. The molecule has 0 amide bonds. The second kappa shape index (κ2) is 4.92.